The minimum atomic E-state index is -0.00622. The van der Waals surface area contributed by atoms with E-state index in [4.69, 9.17) is 0 Å². The fraction of sp³-hybridized carbons (Fsp3) is 0. The first-order chi connectivity index (χ1) is 12.8. The highest BCUT2D eigenvalue weighted by atomic mass is 32.1. The molecule has 6 aromatic rings. The lowest BCUT2D eigenvalue weighted by molar-refractivity contribution is 1.36. The Balaban J connectivity index is 1.90. The molecule has 2 aromatic heterocycles. The zero-order valence-corrected chi connectivity index (χ0v) is 14.6. The van der Waals surface area contributed by atoms with E-state index in [0.29, 0.717) is 0 Å². The number of H-pyrrole nitrogens is 1. The second kappa shape index (κ2) is 4.93. The third-order valence-electron chi connectivity index (χ3n) is 5.20. The minimum absolute atomic E-state index is 0.00622. The highest BCUT2D eigenvalue weighted by Gasteiger charge is 2.13. The lowest BCUT2D eigenvalue weighted by Crippen LogP contribution is -2.04. The molecule has 0 saturated carbocycles. The number of thiophene rings is 1. The summed E-state index contributed by atoms with van der Waals surface area (Å²) in [6.45, 7) is 0. The Morgan fingerprint density at radius 2 is 1.46 bits per heavy atom. The molecule has 0 radical (unpaired) electrons. The number of aromatic amines is 1. The van der Waals surface area contributed by atoms with Gasteiger partial charge in [0.25, 0.3) is 5.56 Å². The average Bonchev–Trinajstić information content (AvgIpc) is 3.07. The van der Waals surface area contributed by atoms with Gasteiger partial charge in [0.15, 0.2) is 0 Å². The largest absolute Gasteiger partial charge is 0.321 e. The van der Waals surface area contributed by atoms with Crippen molar-refractivity contribution in [1.82, 2.24) is 4.98 Å². The van der Waals surface area contributed by atoms with Gasteiger partial charge < -0.3 is 4.98 Å². The van der Waals surface area contributed by atoms with Crippen LogP contribution in [0.2, 0.25) is 0 Å². The molecule has 0 bridgehead atoms. The second-order valence-electron chi connectivity index (χ2n) is 6.66. The predicted molar refractivity (Wildman–Crippen MR) is 112 cm³/mol. The average molecular weight is 351 g/mol. The molecular formula is C23H13NOS. The molecule has 0 aliphatic carbocycles. The van der Waals surface area contributed by atoms with Gasteiger partial charge in [0.05, 0.1) is 0 Å². The maximum Gasteiger partial charge on any atom is 0.266 e. The van der Waals surface area contributed by atoms with Gasteiger partial charge >= 0.3 is 0 Å². The van der Waals surface area contributed by atoms with Crippen LogP contribution in [0, 0.1) is 0 Å². The monoisotopic (exact) mass is 351 g/mol. The lowest BCUT2D eigenvalue weighted by Gasteiger charge is -2.07. The SMILES string of the molecule is O=c1[nH]c2cc3c(ccc4ccccc43)cc2c2c1sc1ccccc12. The Bertz CT molecular complexity index is 1560. The van der Waals surface area contributed by atoms with Gasteiger partial charge in [-0.1, -0.05) is 54.6 Å². The maximum atomic E-state index is 12.7. The predicted octanol–water partition coefficient (Wildman–Crippen LogP) is 6.20. The fourth-order valence-electron chi connectivity index (χ4n) is 4.02. The van der Waals surface area contributed by atoms with E-state index in [1.54, 1.807) is 11.3 Å². The van der Waals surface area contributed by atoms with Crippen molar-refractivity contribution in [2.45, 2.75) is 0 Å². The van der Waals surface area contributed by atoms with Crippen LogP contribution in [-0.2, 0) is 0 Å². The molecule has 0 atom stereocenters. The van der Waals surface area contributed by atoms with Crippen molar-refractivity contribution in [2.24, 2.45) is 0 Å². The van der Waals surface area contributed by atoms with Gasteiger partial charge in [0, 0.05) is 26.4 Å². The van der Waals surface area contributed by atoms with E-state index >= 15 is 0 Å². The molecule has 0 aliphatic heterocycles. The first kappa shape index (κ1) is 14.0. The van der Waals surface area contributed by atoms with E-state index in [-0.39, 0.29) is 5.56 Å². The summed E-state index contributed by atoms with van der Waals surface area (Å²) in [6, 6.07) is 25.3. The Hall–Kier alpha value is -3.17. The zero-order valence-electron chi connectivity index (χ0n) is 13.7. The summed E-state index contributed by atoms with van der Waals surface area (Å²) in [4.78, 5) is 15.8. The van der Waals surface area contributed by atoms with Crippen molar-refractivity contribution in [3.05, 3.63) is 83.2 Å². The van der Waals surface area contributed by atoms with Gasteiger partial charge in [-0.05, 0) is 39.7 Å². The summed E-state index contributed by atoms with van der Waals surface area (Å²) in [6.07, 6.45) is 0. The molecule has 0 amide bonds. The first-order valence-corrected chi connectivity index (χ1v) is 9.40. The van der Waals surface area contributed by atoms with E-state index in [9.17, 15) is 4.79 Å². The molecule has 0 aliphatic rings. The van der Waals surface area contributed by atoms with Crippen molar-refractivity contribution in [3.8, 4) is 0 Å². The van der Waals surface area contributed by atoms with Crippen LogP contribution in [0.1, 0.15) is 0 Å². The van der Waals surface area contributed by atoms with Gasteiger partial charge in [-0.2, -0.15) is 0 Å². The molecule has 3 heteroatoms. The summed E-state index contributed by atoms with van der Waals surface area (Å²) in [7, 11) is 0. The number of hydrogen-bond donors (Lipinski definition) is 1. The molecule has 4 aromatic carbocycles. The van der Waals surface area contributed by atoms with Crippen LogP contribution in [0.4, 0.5) is 0 Å². The number of nitrogens with one attached hydrogen (secondary N) is 1. The Kier molecular flexibility index (Phi) is 2.66. The number of benzene rings is 4. The van der Waals surface area contributed by atoms with Crippen LogP contribution < -0.4 is 5.56 Å². The minimum Gasteiger partial charge on any atom is -0.321 e. The lowest BCUT2D eigenvalue weighted by atomic mass is 9.98. The third kappa shape index (κ3) is 1.78. The highest BCUT2D eigenvalue weighted by molar-refractivity contribution is 7.26. The van der Waals surface area contributed by atoms with E-state index < -0.39 is 0 Å². The molecule has 0 saturated heterocycles. The quantitative estimate of drug-likeness (QED) is 0.256. The van der Waals surface area contributed by atoms with Gasteiger partial charge in [-0.3, -0.25) is 4.79 Å². The number of pyridine rings is 1. The Morgan fingerprint density at radius 3 is 2.38 bits per heavy atom. The highest BCUT2D eigenvalue weighted by Crippen LogP contribution is 2.37. The Morgan fingerprint density at radius 1 is 0.692 bits per heavy atom. The first-order valence-electron chi connectivity index (χ1n) is 8.58. The van der Waals surface area contributed by atoms with E-state index in [1.807, 2.05) is 12.1 Å². The normalized spacial score (nSPS) is 12.0. The summed E-state index contributed by atoms with van der Waals surface area (Å²) in [5, 5.41) is 8.12. The molecule has 0 unspecified atom stereocenters. The molecule has 26 heavy (non-hydrogen) atoms. The van der Waals surface area contributed by atoms with Gasteiger partial charge in [0.2, 0.25) is 0 Å². The number of hydrogen-bond acceptors (Lipinski definition) is 2. The van der Waals surface area contributed by atoms with Gasteiger partial charge in [0.1, 0.15) is 4.70 Å². The van der Waals surface area contributed by atoms with Gasteiger partial charge in [-0.25, -0.2) is 0 Å². The topological polar surface area (TPSA) is 32.9 Å². The van der Waals surface area contributed by atoms with Gasteiger partial charge in [-0.15, -0.1) is 11.3 Å². The van der Waals surface area contributed by atoms with Crippen LogP contribution in [-0.4, -0.2) is 4.98 Å². The molecule has 0 spiro atoms. The standard InChI is InChI=1S/C23H13NOS/c25-23-22-21(16-7-3-4-8-20(16)26-22)18-11-14-10-9-13-5-1-2-6-15(13)17(14)12-19(18)24-23/h1-12H,(H,24,25). The molecule has 2 heterocycles. The molecule has 122 valence electrons. The second-order valence-corrected chi connectivity index (χ2v) is 7.71. The fourth-order valence-corrected chi connectivity index (χ4v) is 5.13. The molecule has 1 N–H and O–H groups in total. The van der Waals surface area contributed by atoms with Crippen LogP contribution in [0.25, 0.3) is 52.6 Å². The third-order valence-corrected chi connectivity index (χ3v) is 6.37. The number of fused-ring (bicyclic) bond motifs is 8. The molecule has 2 nitrogen and oxygen atoms in total. The van der Waals surface area contributed by atoms with Crippen molar-refractivity contribution in [3.63, 3.8) is 0 Å². The van der Waals surface area contributed by atoms with Crippen LogP contribution in [0.5, 0.6) is 0 Å². The van der Waals surface area contributed by atoms with Crippen LogP contribution >= 0.6 is 11.3 Å². The zero-order chi connectivity index (χ0) is 17.3. The summed E-state index contributed by atoms with van der Waals surface area (Å²) in [5.74, 6) is 0. The maximum absolute atomic E-state index is 12.7. The smallest absolute Gasteiger partial charge is 0.266 e. The summed E-state index contributed by atoms with van der Waals surface area (Å²) < 4.78 is 1.96. The van der Waals surface area contributed by atoms with E-state index in [1.165, 1.54) is 21.5 Å². The van der Waals surface area contributed by atoms with Crippen molar-refractivity contribution >= 4 is 64.0 Å². The van der Waals surface area contributed by atoms with Crippen molar-refractivity contribution < 1.29 is 0 Å². The molecule has 0 fully saturated rings. The van der Waals surface area contributed by atoms with E-state index in [2.05, 4.69) is 65.6 Å². The summed E-state index contributed by atoms with van der Waals surface area (Å²) in [5.41, 5.74) is 0.892. The van der Waals surface area contributed by atoms with Crippen molar-refractivity contribution in [2.75, 3.05) is 0 Å². The summed E-state index contributed by atoms with van der Waals surface area (Å²) >= 11 is 1.57. The number of aromatic nitrogens is 1. The van der Waals surface area contributed by atoms with Crippen LogP contribution in [0.15, 0.2) is 77.6 Å². The van der Waals surface area contributed by atoms with Crippen molar-refractivity contribution in [1.29, 1.82) is 0 Å². The molecule has 6 rings (SSSR count). The Labute approximate surface area is 152 Å². The van der Waals surface area contributed by atoms with Crippen LogP contribution in [0.3, 0.4) is 0 Å². The number of rotatable bonds is 0. The molecular weight excluding hydrogens is 338 g/mol. The van der Waals surface area contributed by atoms with E-state index in [0.717, 1.165) is 31.1 Å².